The molecule has 0 bridgehead atoms. The van der Waals surface area contributed by atoms with Crippen LogP contribution in [0.2, 0.25) is 0 Å². The summed E-state index contributed by atoms with van der Waals surface area (Å²) in [5.74, 6) is 0.540. The number of aliphatic hydroxyl groups excluding tert-OH is 1. The SMILES string of the molecule is COC(=O)C[C@@H](O)Cc1ccc2c(c1)CCO2. The number of aliphatic hydroxyl groups is 1. The lowest BCUT2D eigenvalue weighted by molar-refractivity contribution is -0.142. The average Bonchev–Trinajstić information content (AvgIpc) is 2.75. The molecule has 17 heavy (non-hydrogen) atoms. The van der Waals surface area contributed by atoms with Crippen LogP contribution in [-0.4, -0.2) is 30.9 Å². The van der Waals surface area contributed by atoms with Gasteiger partial charge in [0.05, 0.1) is 26.2 Å². The third kappa shape index (κ3) is 2.97. The molecule has 0 radical (unpaired) electrons. The van der Waals surface area contributed by atoms with Gasteiger partial charge in [0.25, 0.3) is 0 Å². The first-order chi connectivity index (χ1) is 8.19. The summed E-state index contributed by atoms with van der Waals surface area (Å²) in [6.07, 6.45) is 0.714. The number of fused-ring (bicyclic) bond motifs is 1. The molecule has 0 unspecified atom stereocenters. The molecule has 92 valence electrons. The van der Waals surface area contributed by atoms with Crippen molar-refractivity contribution in [3.63, 3.8) is 0 Å². The quantitative estimate of drug-likeness (QED) is 0.795. The lowest BCUT2D eigenvalue weighted by Crippen LogP contribution is -2.17. The average molecular weight is 236 g/mol. The van der Waals surface area contributed by atoms with Crippen LogP contribution in [0.1, 0.15) is 17.5 Å². The van der Waals surface area contributed by atoms with E-state index in [0.717, 1.165) is 24.3 Å². The summed E-state index contributed by atoms with van der Waals surface area (Å²) >= 11 is 0. The van der Waals surface area contributed by atoms with Crippen LogP contribution in [0.4, 0.5) is 0 Å². The highest BCUT2D eigenvalue weighted by atomic mass is 16.5. The van der Waals surface area contributed by atoms with Gasteiger partial charge in [0.15, 0.2) is 0 Å². The largest absolute Gasteiger partial charge is 0.493 e. The van der Waals surface area contributed by atoms with Gasteiger partial charge in [-0.15, -0.1) is 0 Å². The molecule has 1 aromatic rings. The number of methoxy groups -OCH3 is 1. The molecule has 4 nitrogen and oxygen atoms in total. The van der Waals surface area contributed by atoms with Crippen LogP contribution < -0.4 is 4.74 Å². The Morgan fingerprint density at radius 3 is 3.18 bits per heavy atom. The van der Waals surface area contributed by atoms with Crippen LogP contribution in [-0.2, 0) is 22.4 Å². The van der Waals surface area contributed by atoms with Gasteiger partial charge in [0.2, 0.25) is 0 Å². The summed E-state index contributed by atoms with van der Waals surface area (Å²) in [5.41, 5.74) is 2.19. The molecule has 0 aromatic heterocycles. The van der Waals surface area contributed by atoms with Crippen molar-refractivity contribution in [3.05, 3.63) is 29.3 Å². The maximum absolute atomic E-state index is 11.0. The minimum Gasteiger partial charge on any atom is -0.493 e. The van der Waals surface area contributed by atoms with E-state index in [2.05, 4.69) is 4.74 Å². The van der Waals surface area contributed by atoms with Crippen LogP contribution >= 0.6 is 0 Å². The van der Waals surface area contributed by atoms with Gasteiger partial charge in [-0.1, -0.05) is 12.1 Å². The predicted molar refractivity (Wildman–Crippen MR) is 62.0 cm³/mol. The van der Waals surface area contributed by atoms with Gasteiger partial charge in [-0.05, 0) is 23.6 Å². The Kier molecular flexibility index (Phi) is 3.64. The summed E-state index contributed by atoms with van der Waals surface area (Å²) in [6.45, 7) is 0.726. The number of hydrogen-bond donors (Lipinski definition) is 1. The van der Waals surface area contributed by atoms with E-state index >= 15 is 0 Å². The molecule has 0 spiro atoms. The van der Waals surface area contributed by atoms with Crippen LogP contribution in [0, 0.1) is 0 Å². The van der Waals surface area contributed by atoms with Crippen molar-refractivity contribution in [1.82, 2.24) is 0 Å². The van der Waals surface area contributed by atoms with Crippen LogP contribution in [0.15, 0.2) is 18.2 Å². The lowest BCUT2D eigenvalue weighted by Gasteiger charge is -2.10. The molecule has 0 aliphatic carbocycles. The first-order valence-corrected chi connectivity index (χ1v) is 5.68. The molecular formula is C13H16O4. The van der Waals surface area contributed by atoms with E-state index in [0.29, 0.717) is 6.42 Å². The predicted octanol–water partition coefficient (Wildman–Crippen LogP) is 1.09. The van der Waals surface area contributed by atoms with Crippen molar-refractivity contribution >= 4 is 5.97 Å². The van der Waals surface area contributed by atoms with E-state index in [9.17, 15) is 9.90 Å². The molecule has 0 saturated heterocycles. The molecule has 0 fully saturated rings. The molecule has 1 atom stereocenters. The van der Waals surface area contributed by atoms with E-state index in [1.165, 1.54) is 12.7 Å². The Labute approximate surface area is 100 Å². The summed E-state index contributed by atoms with van der Waals surface area (Å²) < 4.78 is 9.92. The van der Waals surface area contributed by atoms with Crippen LogP contribution in [0.3, 0.4) is 0 Å². The van der Waals surface area contributed by atoms with Gasteiger partial charge >= 0.3 is 5.97 Å². The standard InChI is InChI=1S/C13H16O4/c1-16-13(15)8-11(14)7-9-2-3-12-10(6-9)4-5-17-12/h2-3,6,11,14H,4-5,7-8H2,1H3/t11-/m0/s1. The summed E-state index contributed by atoms with van der Waals surface area (Å²) in [5, 5.41) is 9.72. The second-order valence-electron chi connectivity index (χ2n) is 4.18. The molecule has 1 aliphatic heterocycles. The number of carbonyl (C=O) groups is 1. The lowest BCUT2D eigenvalue weighted by atomic mass is 10.0. The van der Waals surface area contributed by atoms with E-state index < -0.39 is 6.10 Å². The third-order valence-corrected chi connectivity index (χ3v) is 2.86. The molecular weight excluding hydrogens is 220 g/mol. The summed E-state index contributed by atoms with van der Waals surface area (Å²) in [7, 11) is 1.32. The monoisotopic (exact) mass is 236 g/mol. The van der Waals surface area contributed by atoms with Crippen molar-refractivity contribution in [3.8, 4) is 5.75 Å². The second kappa shape index (κ2) is 5.19. The number of hydrogen-bond acceptors (Lipinski definition) is 4. The minimum atomic E-state index is -0.692. The second-order valence-corrected chi connectivity index (χ2v) is 4.18. The Hall–Kier alpha value is -1.55. The fraction of sp³-hybridized carbons (Fsp3) is 0.462. The zero-order chi connectivity index (χ0) is 12.3. The van der Waals surface area contributed by atoms with Crippen LogP contribution in [0.5, 0.6) is 5.75 Å². The maximum atomic E-state index is 11.0. The summed E-state index contributed by atoms with van der Waals surface area (Å²) in [6, 6.07) is 5.87. The van der Waals surface area contributed by atoms with Gasteiger partial charge in [-0.25, -0.2) is 0 Å². The van der Waals surface area contributed by atoms with Crippen LogP contribution in [0.25, 0.3) is 0 Å². The van der Waals surface area contributed by atoms with Crippen molar-refractivity contribution in [2.75, 3.05) is 13.7 Å². The molecule has 1 aromatic carbocycles. The van der Waals surface area contributed by atoms with Gasteiger partial charge in [-0.2, -0.15) is 0 Å². The molecule has 0 amide bonds. The number of rotatable bonds is 4. The van der Waals surface area contributed by atoms with Crippen molar-refractivity contribution in [2.45, 2.75) is 25.4 Å². The van der Waals surface area contributed by atoms with E-state index in [1.54, 1.807) is 0 Å². The first-order valence-electron chi connectivity index (χ1n) is 5.68. The Morgan fingerprint density at radius 2 is 2.41 bits per heavy atom. The maximum Gasteiger partial charge on any atom is 0.308 e. The first kappa shape index (κ1) is 11.9. The zero-order valence-electron chi connectivity index (χ0n) is 9.81. The number of esters is 1. The summed E-state index contributed by atoms with van der Waals surface area (Å²) in [4.78, 5) is 11.0. The highest BCUT2D eigenvalue weighted by molar-refractivity contribution is 5.69. The fourth-order valence-corrected chi connectivity index (χ4v) is 1.99. The molecule has 4 heteroatoms. The van der Waals surface area contributed by atoms with Crippen molar-refractivity contribution in [2.24, 2.45) is 0 Å². The number of carbonyl (C=O) groups excluding carboxylic acids is 1. The third-order valence-electron chi connectivity index (χ3n) is 2.86. The van der Waals surface area contributed by atoms with Gasteiger partial charge in [0.1, 0.15) is 5.75 Å². The number of benzene rings is 1. The molecule has 1 heterocycles. The van der Waals surface area contributed by atoms with E-state index in [4.69, 9.17) is 4.74 Å². The highest BCUT2D eigenvalue weighted by Crippen LogP contribution is 2.26. The smallest absolute Gasteiger partial charge is 0.308 e. The minimum absolute atomic E-state index is 0.0318. The molecule has 2 rings (SSSR count). The van der Waals surface area contributed by atoms with Gasteiger partial charge < -0.3 is 14.6 Å². The van der Waals surface area contributed by atoms with Gasteiger partial charge in [0, 0.05) is 6.42 Å². The molecule has 0 saturated carbocycles. The number of ether oxygens (including phenoxy) is 2. The Morgan fingerprint density at radius 1 is 1.59 bits per heavy atom. The molecule has 1 aliphatic rings. The van der Waals surface area contributed by atoms with Crippen molar-refractivity contribution < 1.29 is 19.4 Å². The van der Waals surface area contributed by atoms with Crippen molar-refractivity contribution in [1.29, 1.82) is 0 Å². The normalized spacial score (nSPS) is 14.9. The zero-order valence-corrected chi connectivity index (χ0v) is 9.81. The Bertz CT molecular complexity index is 414. The van der Waals surface area contributed by atoms with E-state index in [-0.39, 0.29) is 12.4 Å². The van der Waals surface area contributed by atoms with E-state index in [1.807, 2.05) is 18.2 Å². The van der Waals surface area contributed by atoms with Gasteiger partial charge in [-0.3, -0.25) is 4.79 Å². The topological polar surface area (TPSA) is 55.8 Å². The fourth-order valence-electron chi connectivity index (χ4n) is 1.99. The molecule has 1 N–H and O–H groups in total. The highest BCUT2D eigenvalue weighted by Gasteiger charge is 2.15. The Balaban J connectivity index is 1.97.